The fourth-order valence-corrected chi connectivity index (χ4v) is 1.27. The van der Waals surface area contributed by atoms with Crippen molar-refractivity contribution in [3.63, 3.8) is 0 Å². The average Bonchev–Trinajstić information content (AvgIpc) is 2.59. The van der Waals surface area contributed by atoms with Crippen LogP contribution in [-0.4, -0.2) is 26.3 Å². The Hall–Kier alpha value is -0.570. The van der Waals surface area contributed by atoms with Crippen LogP contribution in [0.5, 0.6) is 0 Å². The van der Waals surface area contributed by atoms with Crippen molar-refractivity contribution in [1.29, 1.82) is 0 Å². The Kier molecular flexibility index (Phi) is 1.94. The van der Waals surface area contributed by atoms with E-state index in [0.717, 1.165) is 0 Å². The van der Waals surface area contributed by atoms with E-state index in [-0.39, 0.29) is 18.0 Å². The van der Waals surface area contributed by atoms with Crippen molar-refractivity contribution in [2.45, 2.75) is 13.0 Å². The van der Waals surface area contributed by atoms with Gasteiger partial charge in [0.2, 0.25) is 0 Å². The highest BCUT2D eigenvalue weighted by Gasteiger charge is 2.53. The molecule has 10 heavy (non-hydrogen) atoms. The van der Waals surface area contributed by atoms with Gasteiger partial charge in [0, 0.05) is 7.11 Å². The van der Waals surface area contributed by atoms with E-state index in [4.69, 9.17) is 4.74 Å². The minimum absolute atomic E-state index is 0.0185. The lowest BCUT2D eigenvalue weighted by Crippen LogP contribution is -2.07. The topological polar surface area (TPSA) is 35.5 Å². The van der Waals surface area contributed by atoms with E-state index in [9.17, 15) is 4.79 Å². The molecule has 0 aromatic rings. The SMILES string of the molecule is COC(=O)[C@@H]1[C@H](C)[C@@H]1OC. The third kappa shape index (κ3) is 1.01. The molecular weight excluding hydrogens is 132 g/mol. The van der Waals surface area contributed by atoms with Gasteiger partial charge in [0.05, 0.1) is 19.1 Å². The molecule has 3 nitrogen and oxygen atoms in total. The van der Waals surface area contributed by atoms with Gasteiger partial charge in [-0.1, -0.05) is 6.92 Å². The zero-order valence-electron chi connectivity index (χ0n) is 6.46. The number of hydrogen-bond donors (Lipinski definition) is 0. The monoisotopic (exact) mass is 144 g/mol. The van der Waals surface area contributed by atoms with Gasteiger partial charge >= 0.3 is 5.97 Å². The highest BCUT2D eigenvalue weighted by atomic mass is 16.5. The average molecular weight is 144 g/mol. The van der Waals surface area contributed by atoms with Crippen LogP contribution in [0.1, 0.15) is 6.92 Å². The molecule has 1 rings (SSSR count). The summed E-state index contributed by atoms with van der Waals surface area (Å²) in [5.74, 6) is 0.159. The maximum Gasteiger partial charge on any atom is 0.311 e. The van der Waals surface area contributed by atoms with Gasteiger partial charge in [0.1, 0.15) is 0 Å². The lowest BCUT2D eigenvalue weighted by atomic mass is 10.3. The van der Waals surface area contributed by atoms with E-state index in [1.54, 1.807) is 7.11 Å². The molecule has 1 saturated carbocycles. The minimum Gasteiger partial charge on any atom is -0.469 e. The summed E-state index contributed by atoms with van der Waals surface area (Å²) in [5.41, 5.74) is 0. The number of hydrogen-bond acceptors (Lipinski definition) is 3. The minimum atomic E-state index is -0.153. The second kappa shape index (κ2) is 2.58. The van der Waals surface area contributed by atoms with Crippen LogP contribution in [0.4, 0.5) is 0 Å². The van der Waals surface area contributed by atoms with E-state index in [2.05, 4.69) is 4.74 Å². The number of rotatable bonds is 2. The van der Waals surface area contributed by atoms with Gasteiger partial charge in [-0.15, -0.1) is 0 Å². The number of methoxy groups -OCH3 is 2. The molecule has 3 atom stereocenters. The summed E-state index contributed by atoms with van der Waals surface area (Å²) in [5, 5.41) is 0. The van der Waals surface area contributed by atoms with Crippen LogP contribution in [0, 0.1) is 11.8 Å². The molecule has 58 valence electrons. The summed E-state index contributed by atoms with van der Waals surface area (Å²) in [6.45, 7) is 1.98. The second-order valence-corrected chi connectivity index (χ2v) is 2.61. The number of carbonyl (C=O) groups is 1. The number of carbonyl (C=O) groups excluding carboxylic acids is 1. The highest BCUT2D eigenvalue weighted by molar-refractivity contribution is 5.76. The molecule has 0 aromatic carbocycles. The number of ether oxygens (including phenoxy) is 2. The lowest BCUT2D eigenvalue weighted by molar-refractivity contribution is -0.143. The Morgan fingerprint density at radius 3 is 2.30 bits per heavy atom. The van der Waals surface area contributed by atoms with Crippen molar-refractivity contribution in [3.05, 3.63) is 0 Å². The van der Waals surface area contributed by atoms with Crippen LogP contribution in [0.15, 0.2) is 0 Å². The highest BCUT2D eigenvalue weighted by Crippen LogP contribution is 2.41. The van der Waals surface area contributed by atoms with Gasteiger partial charge in [0.25, 0.3) is 0 Å². The Morgan fingerprint density at radius 2 is 2.00 bits per heavy atom. The second-order valence-electron chi connectivity index (χ2n) is 2.61. The Bertz CT molecular complexity index is 144. The molecule has 0 unspecified atom stereocenters. The van der Waals surface area contributed by atoms with Crippen LogP contribution in [0.2, 0.25) is 0 Å². The first-order chi connectivity index (χ1) is 4.72. The standard InChI is InChI=1S/C7H12O3/c1-4-5(6(4)9-2)7(8)10-3/h4-6H,1-3H3/t4-,5+,6-/m0/s1. The van der Waals surface area contributed by atoms with Gasteiger partial charge in [-0.25, -0.2) is 0 Å². The Balaban J connectivity index is 2.40. The molecule has 1 aliphatic rings. The molecule has 0 amide bonds. The quantitative estimate of drug-likeness (QED) is 0.527. The van der Waals surface area contributed by atoms with E-state index in [0.29, 0.717) is 5.92 Å². The zero-order chi connectivity index (χ0) is 7.72. The van der Waals surface area contributed by atoms with Crippen LogP contribution in [-0.2, 0) is 14.3 Å². The van der Waals surface area contributed by atoms with Crippen LogP contribution < -0.4 is 0 Å². The van der Waals surface area contributed by atoms with E-state index >= 15 is 0 Å². The van der Waals surface area contributed by atoms with Crippen LogP contribution in [0.25, 0.3) is 0 Å². The molecule has 1 aliphatic carbocycles. The van der Waals surface area contributed by atoms with Crippen molar-refractivity contribution in [3.8, 4) is 0 Å². The molecule has 0 spiro atoms. The van der Waals surface area contributed by atoms with Crippen LogP contribution in [0.3, 0.4) is 0 Å². The molecule has 0 aliphatic heterocycles. The Morgan fingerprint density at radius 1 is 1.40 bits per heavy atom. The lowest BCUT2D eigenvalue weighted by Gasteiger charge is -1.94. The summed E-state index contributed by atoms with van der Waals surface area (Å²) in [7, 11) is 3.02. The third-order valence-electron chi connectivity index (χ3n) is 2.04. The van der Waals surface area contributed by atoms with Gasteiger partial charge in [-0.2, -0.15) is 0 Å². The first-order valence-corrected chi connectivity index (χ1v) is 3.33. The molecule has 0 aromatic heterocycles. The first-order valence-electron chi connectivity index (χ1n) is 3.33. The fourth-order valence-electron chi connectivity index (χ4n) is 1.27. The summed E-state index contributed by atoms with van der Waals surface area (Å²) in [6.07, 6.45) is 0.0902. The summed E-state index contributed by atoms with van der Waals surface area (Å²) in [4.78, 5) is 10.9. The zero-order valence-corrected chi connectivity index (χ0v) is 6.46. The van der Waals surface area contributed by atoms with Gasteiger partial charge in [0.15, 0.2) is 0 Å². The predicted molar refractivity (Wildman–Crippen MR) is 35.5 cm³/mol. The fraction of sp³-hybridized carbons (Fsp3) is 0.857. The molecule has 0 N–H and O–H groups in total. The van der Waals surface area contributed by atoms with E-state index in [1.807, 2.05) is 6.92 Å². The predicted octanol–water partition coefficient (Wildman–Crippen LogP) is 0.440. The van der Waals surface area contributed by atoms with Crippen molar-refractivity contribution in [2.75, 3.05) is 14.2 Å². The van der Waals surface area contributed by atoms with E-state index in [1.165, 1.54) is 7.11 Å². The summed E-state index contributed by atoms with van der Waals surface area (Å²) >= 11 is 0. The van der Waals surface area contributed by atoms with E-state index < -0.39 is 0 Å². The van der Waals surface area contributed by atoms with Gasteiger partial charge in [-0.05, 0) is 5.92 Å². The smallest absolute Gasteiger partial charge is 0.311 e. The molecule has 3 heteroatoms. The summed E-state index contributed by atoms with van der Waals surface area (Å²) in [6, 6.07) is 0. The number of esters is 1. The maximum absolute atomic E-state index is 10.9. The Labute approximate surface area is 60.3 Å². The first kappa shape index (κ1) is 7.54. The van der Waals surface area contributed by atoms with Gasteiger partial charge < -0.3 is 9.47 Å². The normalized spacial score (nSPS) is 37.3. The van der Waals surface area contributed by atoms with Gasteiger partial charge in [-0.3, -0.25) is 4.79 Å². The molecule has 0 saturated heterocycles. The van der Waals surface area contributed by atoms with Crippen molar-refractivity contribution in [2.24, 2.45) is 11.8 Å². The largest absolute Gasteiger partial charge is 0.469 e. The van der Waals surface area contributed by atoms with Crippen LogP contribution >= 0.6 is 0 Å². The third-order valence-corrected chi connectivity index (χ3v) is 2.04. The maximum atomic E-state index is 10.9. The molecule has 0 radical (unpaired) electrons. The molecule has 0 heterocycles. The van der Waals surface area contributed by atoms with Crippen molar-refractivity contribution < 1.29 is 14.3 Å². The van der Waals surface area contributed by atoms with Crippen molar-refractivity contribution >= 4 is 5.97 Å². The van der Waals surface area contributed by atoms with Crippen molar-refractivity contribution in [1.82, 2.24) is 0 Å². The molecular formula is C7H12O3. The molecule has 1 fully saturated rings. The summed E-state index contributed by atoms with van der Waals surface area (Å²) < 4.78 is 9.57. The molecule has 0 bridgehead atoms.